The van der Waals surface area contributed by atoms with Crippen LogP contribution in [0.3, 0.4) is 0 Å². The second kappa shape index (κ2) is 11.9. The quantitative estimate of drug-likeness (QED) is 0.337. The van der Waals surface area contributed by atoms with E-state index >= 15 is 0 Å². The van der Waals surface area contributed by atoms with Crippen molar-refractivity contribution in [2.24, 2.45) is 0 Å². The molecule has 0 fully saturated rings. The molecule has 2 N–H and O–H groups in total. The first-order chi connectivity index (χ1) is 15.5. The van der Waals surface area contributed by atoms with E-state index in [0.717, 1.165) is 23.5 Å². The second-order valence-corrected chi connectivity index (χ2v) is 8.54. The molecule has 0 aliphatic carbocycles. The number of nitrogens with one attached hydrogen (secondary N) is 2. The molecule has 0 bridgehead atoms. The normalized spacial score (nSPS) is 11.3. The predicted octanol–water partition coefficient (Wildman–Crippen LogP) is 5.06. The zero-order chi connectivity index (χ0) is 22.8. The van der Waals surface area contributed by atoms with Crippen LogP contribution in [0.2, 0.25) is 0 Å². The fourth-order valence-electron chi connectivity index (χ4n) is 3.05. The second-order valence-electron chi connectivity index (χ2n) is 7.56. The molecule has 166 valence electrons. The number of hydrogen-bond acceptors (Lipinski definition) is 4. The van der Waals surface area contributed by atoms with Gasteiger partial charge in [-0.2, -0.15) is 0 Å². The summed E-state index contributed by atoms with van der Waals surface area (Å²) in [7, 11) is 0. The van der Waals surface area contributed by atoms with Crippen LogP contribution in [0.1, 0.15) is 41.1 Å². The molecular weight excluding hydrogens is 420 g/mol. The molecule has 0 atom stereocenters. The molecule has 0 radical (unpaired) electrons. The average molecular weight is 449 g/mol. The summed E-state index contributed by atoms with van der Waals surface area (Å²) in [6.07, 6.45) is 3.47. The van der Waals surface area contributed by atoms with Crippen molar-refractivity contribution < 1.29 is 14.3 Å². The summed E-state index contributed by atoms with van der Waals surface area (Å²) in [6.45, 7) is 4.51. The van der Waals surface area contributed by atoms with Gasteiger partial charge in [-0.1, -0.05) is 36.4 Å². The molecule has 0 aliphatic heterocycles. The van der Waals surface area contributed by atoms with E-state index in [1.165, 1.54) is 16.9 Å². The Bertz CT molecular complexity index is 1030. The first kappa shape index (κ1) is 23.3. The zero-order valence-electron chi connectivity index (χ0n) is 18.3. The number of hydrogen-bond donors (Lipinski definition) is 2. The van der Waals surface area contributed by atoms with Gasteiger partial charge in [0.2, 0.25) is 0 Å². The van der Waals surface area contributed by atoms with Crippen molar-refractivity contribution in [2.75, 3.05) is 6.54 Å². The maximum absolute atomic E-state index is 12.8. The van der Waals surface area contributed by atoms with Crippen LogP contribution in [-0.4, -0.2) is 24.5 Å². The Morgan fingerprint density at radius 1 is 1.00 bits per heavy atom. The minimum Gasteiger partial charge on any atom is -0.491 e. The Labute approximate surface area is 193 Å². The fourth-order valence-corrected chi connectivity index (χ4v) is 3.71. The molecule has 2 amide bonds. The maximum atomic E-state index is 12.8. The molecule has 32 heavy (non-hydrogen) atoms. The van der Waals surface area contributed by atoms with Crippen molar-refractivity contribution in [3.05, 3.63) is 93.8 Å². The van der Waals surface area contributed by atoms with Gasteiger partial charge in [0.15, 0.2) is 0 Å². The Kier molecular flexibility index (Phi) is 8.63. The summed E-state index contributed by atoms with van der Waals surface area (Å²) in [6, 6.07) is 20.7. The summed E-state index contributed by atoms with van der Waals surface area (Å²) in [5.74, 6) is 0.241. The minimum absolute atomic E-state index is 0.148. The lowest BCUT2D eigenvalue weighted by atomic mass is 10.1. The highest BCUT2D eigenvalue weighted by Crippen LogP contribution is 2.15. The number of ether oxygens (including phenoxy) is 1. The van der Waals surface area contributed by atoms with Crippen molar-refractivity contribution in [1.82, 2.24) is 10.6 Å². The van der Waals surface area contributed by atoms with E-state index in [0.29, 0.717) is 12.1 Å². The van der Waals surface area contributed by atoms with Gasteiger partial charge in [-0.25, -0.2) is 0 Å². The summed E-state index contributed by atoms with van der Waals surface area (Å²) >= 11 is 1.50. The SMILES string of the molecule is CC(C)Oc1ccc(CCCNC(=O)/C(=C/c2cccs2)NC(=O)c2ccccc2)cc1. The fraction of sp³-hybridized carbons (Fsp3) is 0.231. The van der Waals surface area contributed by atoms with Gasteiger partial charge in [0, 0.05) is 17.0 Å². The van der Waals surface area contributed by atoms with Crippen molar-refractivity contribution in [3.63, 3.8) is 0 Å². The van der Waals surface area contributed by atoms with Crippen LogP contribution < -0.4 is 15.4 Å². The van der Waals surface area contributed by atoms with E-state index in [4.69, 9.17) is 4.74 Å². The number of carbonyl (C=O) groups excluding carboxylic acids is 2. The number of amides is 2. The largest absolute Gasteiger partial charge is 0.491 e. The third kappa shape index (κ3) is 7.39. The number of rotatable bonds is 10. The van der Waals surface area contributed by atoms with Crippen LogP contribution in [0.15, 0.2) is 77.8 Å². The molecule has 1 aromatic heterocycles. The van der Waals surface area contributed by atoms with Gasteiger partial charge in [0.1, 0.15) is 11.4 Å². The van der Waals surface area contributed by atoms with E-state index in [2.05, 4.69) is 10.6 Å². The standard InChI is InChI=1S/C26H28N2O3S/c1-19(2)31-22-14-12-20(13-15-22)8-6-16-27-26(30)24(18-23-11-7-17-32-23)28-25(29)21-9-4-3-5-10-21/h3-5,7,9-15,17-19H,6,8,16H2,1-2H3,(H,27,30)(H,28,29)/b24-18-. The molecule has 0 saturated carbocycles. The third-order valence-electron chi connectivity index (χ3n) is 4.58. The van der Waals surface area contributed by atoms with Gasteiger partial charge in [0.25, 0.3) is 11.8 Å². The average Bonchev–Trinajstić information content (AvgIpc) is 3.30. The number of benzene rings is 2. The summed E-state index contributed by atoms with van der Waals surface area (Å²) in [5, 5.41) is 7.60. The van der Waals surface area contributed by atoms with Crippen molar-refractivity contribution >= 4 is 29.2 Å². The van der Waals surface area contributed by atoms with Crippen LogP contribution in [-0.2, 0) is 11.2 Å². The van der Waals surface area contributed by atoms with E-state index in [1.54, 1.807) is 30.3 Å². The molecule has 1 heterocycles. The van der Waals surface area contributed by atoms with Gasteiger partial charge in [0.05, 0.1) is 6.10 Å². The highest BCUT2D eigenvalue weighted by Gasteiger charge is 2.14. The summed E-state index contributed by atoms with van der Waals surface area (Å²) < 4.78 is 5.66. The minimum atomic E-state index is -0.313. The molecular formula is C26H28N2O3S. The van der Waals surface area contributed by atoms with Crippen molar-refractivity contribution in [1.29, 1.82) is 0 Å². The highest BCUT2D eigenvalue weighted by atomic mass is 32.1. The molecule has 3 aromatic rings. The monoisotopic (exact) mass is 448 g/mol. The topological polar surface area (TPSA) is 67.4 Å². The lowest BCUT2D eigenvalue weighted by Crippen LogP contribution is -2.35. The lowest BCUT2D eigenvalue weighted by Gasteiger charge is -2.12. The van der Waals surface area contributed by atoms with E-state index in [-0.39, 0.29) is 23.6 Å². The molecule has 0 aliphatic rings. The molecule has 0 spiro atoms. The third-order valence-corrected chi connectivity index (χ3v) is 5.40. The van der Waals surface area contributed by atoms with Crippen LogP contribution in [0.25, 0.3) is 6.08 Å². The van der Waals surface area contributed by atoms with Crippen LogP contribution >= 0.6 is 11.3 Å². The van der Waals surface area contributed by atoms with Gasteiger partial charge in [-0.05, 0) is 74.0 Å². The number of carbonyl (C=O) groups is 2. The Hall–Kier alpha value is -3.38. The summed E-state index contributed by atoms with van der Waals surface area (Å²) in [4.78, 5) is 26.2. The molecule has 2 aromatic carbocycles. The van der Waals surface area contributed by atoms with Crippen molar-refractivity contribution in [3.8, 4) is 5.75 Å². The molecule has 6 heteroatoms. The summed E-state index contributed by atoms with van der Waals surface area (Å²) in [5.41, 5.74) is 1.92. The number of thiophene rings is 1. The Morgan fingerprint density at radius 2 is 1.75 bits per heavy atom. The molecule has 0 unspecified atom stereocenters. The maximum Gasteiger partial charge on any atom is 0.267 e. The smallest absolute Gasteiger partial charge is 0.267 e. The van der Waals surface area contributed by atoms with Gasteiger partial charge in [-0.15, -0.1) is 11.3 Å². The lowest BCUT2D eigenvalue weighted by molar-refractivity contribution is -0.117. The van der Waals surface area contributed by atoms with Crippen LogP contribution in [0, 0.1) is 0 Å². The van der Waals surface area contributed by atoms with Gasteiger partial charge in [-0.3, -0.25) is 9.59 Å². The van der Waals surface area contributed by atoms with Crippen LogP contribution in [0.4, 0.5) is 0 Å². The zero-order valence-corrected chi connectivity index (χ0v) is 19.2. The molecule has 5 nitrogen and oxygen atoms in total. The van der Waals surface area contributed by atoms with E-state index in [9.17, 15) is 9.59 Å². The highest BCUT2D eigenvalue weighted by molar-refractivity contribution is 7.10. The van der Waals surface area contributed by atoms with Gasteiger partial charge >= 0.3 is 0 Å². The number of aryl methyl sites for hydroxylation is 1. The van der Waals surface area contributed by atoms with Crippen molar-refractivity contribution in [2.45, 2.75) is 32.8 Å². The Balaban J connectivity index is 1.55. The van der Waals surface area contributed by atoms with Crippen LogP contribution in [0.5, 0.6) is 5.75 Å². The Morgan fingerprint density at radius 3 is 2.41 bits per heavy atom. The molecule has 0 saturated heterocycles. The first-order valence-electron chi connectivity index (χ1n) is 10.7. The molecule has 3 rings (SSSR count). The van der Waals surface area contributed by atoms with E-state index < -0.39 is 0 Å². The van der Waals surface area contributed by atoms with E-state index in [1.807, 2.05) is 61.7 Å². The first-order valence-corrected chi connectivity index (χ1v) is 11.5. The predicted molar refractivity (Wildman–Crippen MR) is 130 cm³/mol. The van der Waals surface area contributed by atoms with Gasteiger partial charge < -0.3 is 15.4 Å².